The van der Waals surface area contributed by atoms with E-state index < -0.39 is 0 Å². The number of rotatable bonds is 2. The van der Waals surface area contributed by atoms with E-state index in [0.717, 1.165) is 17.9 Å². The van der Waals surface area contributed by atoms with Gasteiger partial charge in [-0.2, -0.15) is 11.8 Å². The molecule has 0 saturated carbocycles. The SMILES string of the molecule is Nc1c(NC2CCSC2)nc[nH]c1=O. The summed E-state index contributed by atoms with van der Waals surface area (Å²) in [4.78, 5) is 17.6. The first kappa shape index (κ1) is 9.39. The molecule has 76 valence electrons. The monoisotopic (exact) mass is 212 g/mol. The first-order chi connectivity index (χ1) is 6.77. The van der Waals surface area contributed by atoms with E-state index >= 15 is 0 Å². The van der Waals surface area contributed by atoms with Gasteiger partial charge in [0.05, 0.1) is 6.33 Å². The maximum absolute atomic E-state index is 11.1. The van der Waals surface area contributed by atoms with Crippen LogP contribution < -0.4 is 16.6 Å². The fourth-order valence-electron chi connectivity index (χ4n) is 1.37. The van der Waals surface area contributed by atoms with Crippen LogP contribution in [0, 0.1) is 0 Å². The van der Waals surface area contributed by atoms with Crippen molar-refractivity contribution in [3.63, 3.8) is 0 Å². The van der Waals surface area contributed by atoms with Crippen molar-refractivity contribution in [2.24, 2.45) is 0 Å². The summed E-state index contributed by atoms with van der Waals surface area (Å²) in [7, 11) is 0. The van der Waals surface area contributed by atoms with Crippen LogP contribution in [0.25, 0.3) is 0 Å². The summed E-state index contributed by atoms with van der Waals surface area (Å²) >= 11 is 1.89. The molecule has 2 rings (SSSR count). The van der Waals surface area contributed by atoms with Crippen molar-refractivity contribution in [1.29, 1.82) is 0 Å². The van der Waals surface area contributed by atoms with Crippen molar-refractivity contribution >= 4 is 23.3 Å². The van der Waals surface area contributed by atoms with Crippen LogP contribution in [-0.4, -0.2) is 27.5 Å². The fraction of sp³-hybridized carbons (Fsp3) is 0.500. The molecule has 1 aromatic heterocycles. The lowest BCUT2D eigenvalue weighted by atomic mass is 10.2. The van der Waals surface area contributed by atoms with Crippen LogP contribution in [0.4, 0.5) is 11.5 Å². The van der Waals surface area contributed by atoms with Crippen molar-refractivity contribution in [3.05, 3.63) is 16.7 Å². The third-order valence-corrected chi connectivity index (χ3v) is 3.32. The molecule has 0 aromatic carbocycles. The maximum Gasteiger partial charge on any atom is 0.276 e. The molecule has 6 heteroatoms. The molecule has 0 amide bonds. The molecule has 5 nitrogen and oxygen atoms in total. The Kier molecular flexibility index (Phi) is 2.62. The van der Waals surface area contributed by atoms with Gasteiger partial charge in [0, 0.05) is 11.8 Å². The van der Waals surface area contributed by atoms with Gasteiger partial charge in [-0.15, -0.1) is 0 Å². The second-order valence-corrected chi connectivity index (χ2v) is 4.35. The van der Waals surface area contributed by atoms with Gasteiger partial charge in [0.1, 0.15) is 5.69 Å². The average molecular weight is 212 g/mol. The highest BCUT2D eigenvalue weighted by Crippen LogP contribution is 2.21. The number of nitrogen functional groups attached to an aromatic ring is 1. The van der Waals surface area contributed by atoms with E-state index in [2.05, 4.69) is 15.3 Å². The Morgan fingerprint density at radius 1 is 1.71 bits per heavy atom. The van der Waals surface area contributed by atoms with Gasteiger partial charge in [0.15, 0.2) is 5.82 Å². The summed E-state index contributed by atoms with van der Waals surface area (Å²) in [5, 5.41) is 3.17. The highest BCUT2D eigenvalue weighted by molar-refractivity contribution is 7.99. The van der Waals surface area contributed by atoms with E-state index in [9.17, 15) is 4.79 Å². The van der Waals surface area contributed by atoms with Crippen LogP contribution in [0.15, 0.2) is 11.1 Å². The minimum Gasteiger partial charge on any atom is -0.391 e. The van der Waals surface area contributed by atoms with Gasteiger partial charge in [0.25, 0.3) is 5.56 Å². The molecule has 1 atom stereocenters. The van der Waals surface area contributed by atoms with Crippen molar-refractivity contribution in [2.45, 2.75) is 12.5 Å². The summed E-state index contributed by atoms with van der Waals surface area (Å²) in [6.07, 6.45) is 2.46. The van der Waals surface area contributed by atoms with Gasteiger partial charge in [-0.05, 0) is 12.2 Å². The number of aromatic nitrogens is 2. The van der Waals surface area contributed by atoms with Crippen LogP contribution in [0.3, 0.4) is 0 Å². The van der Waals surface area contributed by atoms with Crippen LogP contribution in [-0.2, 0) is 0 Å². The Morgan fingerprint density at radius 2 is 2.57 bits per heavy atom. The average Bonchev–Trinajstić information content (AvgIpc) is 2.66. The maximum atomic E-state index is 11.1. The highest BCUT2D eigenvalue weighted by Gasteiger charge is 2.16. The lowest BCUT2D eigenvalue weighted by Gasteiger charge is -2.12. The summed E-state index contributed by atoms with van der Waals surface area (Å²) in [6.45, 7) is 0. The van der Waals surface area contributed by atoms with Crippen molar-refractivity contribution in [1.82, 2.24) is 9.97 Å². The number of thioether (sulfide) groups is 1. The number of anilines is 2. The Hall–Kier alpha value is -1.17. The lowest BCUT2D eigenvalue weighted by molar-refractivity contribution is 0.805. The smallest absolute Gasteiger partial charge is 0.276 e. The quantitative estimate of drug-likeness (QED) is 0.655. The van der Waals surface area contributed by atoms with Gasteiger partial charge in [-0.1, -0.05) is 0 Å². The first-order valence-corrected chi connectivity index (χ1v) is 5.60. The second-order valence-electron chi connectivity index (χ2n) is 3.20. The van der Waals surface area contributed by atoms with Crippen molar-refractivity contribution < 1.29 is 0 Å². The van der Waals surface area contributed by atoms with E-state index in [0.29, 0.717) is 11.9 Å². The first-order valence-electron chi connectivity index (χ1n) is 4.45. The largest absolute Gasteiger partial charge is 0.391 e. The number of hydrogen-bond acceptors (Lipinski definition) is 5. The number of nitrogens with one attached hydrogen (secondary N) is 2. The van der Waals surface area contributed by atoms with E-state index in [4.69, 9.17) is 5.73 Å². The molecule has 0 bridgehead atoms. The van der Waals surface area contributed by atoms with Gasteiger partial charge < -0.3 is 16.0 Å². The summed E-state index contributed by atoms with van der Waals surface area (Å²) < 4.78 is 0. The summed E-state index contributed by atoms with van der Waals surface area (Å²) in [5.74, 6) is 2.70. The van der Waals surface area contributed by atoms with E-state index in [1.165, 1.54) is 6.33 Å². The third kappa shape index (κ3) is 1.84. The molecule has 1 aliphatic rings. The van der Waals surface area contributed by atoms with Gasteiger partial charge in [0.2, 0.25) is 0 Å². The molecule has 0 spiro atoms. The Labute approximate surface area is 85.5 Å². The Balaban J connectivity index is 2.15. The van der Waals surface area contributed by atoms with Crippen LogP contribution in [0.5, 0.6) is 0 Å². The zero-order valence-corrected chi connectivity index (χ0v) is 8.43. The van der Waals surface area contributed by atoms with E-state index in [1.807, 2.05) is 11.8 Å². The number of aromatic amines is 1. The number of H-pyrrole nitrogens is 1. The Bertz CT molecular complexity index is 372. The zero-order chi connectivity index (χ0) is 9.97. The molecule has 2 heterocycles. The molecule has 1 fully saturated rings. The standard InChI is InChI=1S/C8H12N4OS/c9-6-7(10-4-11-8(6)13)12-5-1-2-14-3-5/h4-5H,1-3,9H2,(H2,10,11,12,13). The topological polar surface area (TPSA) is 83.8 Å². The van der Waals surface area contributed by atoms with E-state index in [1.54, 1.807) is 0 Å². The molecule has 1 aliphatic heterocycles. The van der Waals surface area contributed by atoms with Gasteiger partial charge in [-0.25, -0.2) is 4.98 Å². The number of nitrogens with zero attached hydrogens (tertiary/aromatic N) is 1. The van der Waals surface area contributed by atoms with Crippen LogP contribution >= 0.6 is 11.8 Å². The van der Waals surface area contributed by atoms with Crippen molar-refractivity contribution in [3.8, 4) is 0 Å². The summed E-state index contributed by atoms with van der Waals surface area (Å²) in [6, 6.07) is 0.386. The number of nitrogens with two attached hydrogens (primary N) is 1. The lowest BCUT2D eigenvalue weighted by Crippen LogP contribution is -2.23. The Morgan fingerprint density at radius 3 is 3.29 bits per heavy atom. The molecule has 14 heavy (non-hydrogen) atoms. The normalized spacial score (nSPS) is 21.0. The molecular weight excluding hydrogens is 200 g/mol. The van der Waals surface area contributed by atoms with Crippen LogP contribution in [0.1, 0.15) is 6.42 Å². The molecule has 1 saturated heterocycles. The second kappa shape index (κ2) is 3.91. The molecular formula is C8H12N4OS. The predicted octanol–water partition coefficient (Wildman–Crippen LogP) is 0.269. The summed E-state index contributed by atoms with van der Waals surface area (Å²) in [5.41, 5.74) is 5.47. The molecule has 4 N–H and O–H groups in total. The fourth-order valence-corrected chi connectivity index (χ4v) is 2.52. The van der Waals surface area contributed by atoms with Crippen LogP contribution in [0.2, 0.25) is 0 Å². The van der Waals surface area contributed by atoms with Gasteiger partial charge >= 0.3 is 0 Å². The number of hydrogen-bond donors (Lipinski definition) is 3. The minimum absolute atomic E-state index is 0.171. The van der Waals surface area contributed by atoms with Gasteiger partial charge in [-0.3, -0.25) is 4.79 Å². The molecule has 0 radical (unpaired) electrons. The molecule has 1 aromatic rings. The molecule has 0 aliphatic carbocycles. The third-order valence-electron chi connectivity index (χ3n) is 2.16. The highest BCUT2D eigenvalue weighted by atomic mass is 32.2. The molecule has 1 unspecified atom stereocenters. The zero-order valence-electron chi connectivity index (χ0n) is 7.62. The van der Waals surface area contributed by atoms with E-state index in [-0.39, 0.29) is 11.2 Å². The predicted molar refractivity (Wildman–Crippen MR) is 58.6 cm³/mol. The van der Waals surface area contributed by atoms with Crippen molar-refractivity contribution in [2.75, 3.05) is 22.6 Å². The minimum atomic E-state index is -0.284.